The number of carbonyl (C=O) groups excluding carboxylic acids is 4. The van der Waals surface area contributed by atoms with E-state index < -0.39 is 15.9 Å². The average Bonchev–Trinajstić information content (AvgIpc) is 3.04. The van der Waals surface area contributed by atoms with Gasteiger partial charge in [-0.3, -0.25) is 24.1 Å². The molecule has 0 radical (unpaired) electrons. The summed E-state index contributed by atoms with van der Waals surface area (Å²) in [5.74, 6) is -2.16. The van der Waals surface area contributed by atoms with Crippen LogP contribution in [0, 0.1) is 11.8 Å². The maximum atomic E-state index is 13.1. The lowest BCUT2D eigenvalue weighted by Crippen LogP contribution is -2.41. The lowest BCUT2D eigenvalue weighted by molar-refractivity contribution is -0.122. The summed E-state index contributed by atoms with van der Waals surface area (Å²) < 4.78 is 26.1. The third-order valence-corrected chi connectivity index (χ3v) is 7.70. The van der Waals surface area contributed by atoms with E-state index in [0.29, 0.717) is 23.2 Å². The molecule has 0 saturated heterocycles. The SMILES string of the molecule is CC(=O)NS(=O)(=O)c1ccc(NC(=O)C2CCCCC2CN2C(=O)c3ccccc3C2=O)cc1. The number of hydrogen-bond acceptors (Lipinski definition) is 6. The van der Waals surface area contributed by atoms with Crippen molar-refractivity contribution in [3.63, 3.8) is 0 Å². The van der Waals surface area contributed by atoms with Gasteiger partial charge >= 0.3 is 0 Å². The standard InChI is InChI=1S/C24H25N3O6S/c1-15(28)26-34(32,33)18-12-10-17(11-13-18)25-22(29)19-7-3-2-6-16(19)14-27-23(30)20-8-4-5-9-21(20)24(27)31/h4-5,8-13,16,19H,2-3,6-7,14H2,1H3,(H,25,29)(H,26,28). The Morgan fingerprint density at radius 1 is 0.941 bits per heavy atom. The Balaban J connectivity index is 1.45. The molecule has 34 heavy (non-hydrogen) atoms. The Kier molecular flexibility index (Phi) is 6.52. The first-order valence-corrected chi connectivity index (χ1v) is 12.6. The van der Waals surface area contributed by atoms with Crippen LogP contribution in [0.4, 0.5) is 5.69 Å². The van der Waals surface area contributed by atoms with E-state index in [4.69, 9.17) is 0 Å². The van der Waals surface area contributed by atoms with E-state index in [1.165, 1.54) is 29.2 Å². The van der Waals surface area contributed by atoms with Crippen molar-refractivity contribution in [2.45, 2.75) is 37.5 Å². The quantitative estimate of drug-likeness (QED) is 0.608. The predicted molar refractivity (Wildman–Crippen MR) is 123 cm³/mol. The summed E-state index contributed by atoms with van der Waals surface area (Å²) in [6.07, 6.45) is 3.13. The Morgan fingerprint density at radius 2 is 1.53 bits per heavy atom. The summed E-state index contributed by atoms with van der Waals surface area (Å²) in [6.45, 7) is 1.28. The molecule has 2 aromatic rings. The highest BCUT2D eigenvalue weighted by molar-refractivity contribution is 7.90. The van der Waals surface area contributed by atoms with Crippen LogP contribution in [0.15, 0.2) is 53.4 Å². The Hall–Kier alpha value is -3.53. The van der Waals surface area contributed by atoms with Gasteiger partial charge in [-0.25, -0.2) is 13.1 Å². The lowest BCUT2D eigenvalue weighted by atomic mass is 9.78. The summed E-state index contributed by atoms with van der Waals surface area (Å²) in [4.78, 5) is 50.8. The van der Waals surface area contributed by atoms with E-state index in [2.05, 4.69) is 5.32 Å². The van der Waals surface area contributed by atoms with Crippen LogP contribution in [0.1, 0.15) is 53.3 Å². The highest BCUT2D eigenvalue weighted by atomic mass is 32.2. The number of imide groups is 1. The molecular formula is C24H25N3O6S. The molecule has 1 heterocycles. The fraction of sp³-hybridized carbons (Fsp3) is 0.333. The molecule has 4 amide bonds. The first-order chi connectivity index (χ1) is 16.2. The Morgan fingerprint density at radius 3 is 2.12 bits per heavy atom. The van der Waals surface area contributed by atoms with Crippen molar-refractivity contribution in [1.82, 2.24) is 9.62 Å². The van der Waals surface area contributed by atoms with Gasteiger partial charge in [0.15, 0.2) is 0 Å². The molecule has 0 aromatic heterocycles. The molecule has 4 rings (SSSR count). The Labute approximate surface area is 197 Å². The van der Waals surface area contributed by atoms with Gasteiger partial charge in [-0.1, -0.05) is 25.0 Å². The third-order valence-electron chi connectivity index (χ3n) is 6.25. The molecule has 1 aliphatic carbocycles. The zero-order valence-corrected chi connectivity index (χ0v) is 19.4. The number of rotatable bonds is 6. The molecule has 10 heteroatoms. The average molecular weight is 484 g/mol. The fourth-order valence-corrected chi connectivity index (χ4v) is 5.60. The molecule has 2 unspecified atom stereocenters. The molecule has 0 spiro atoms. The van der Waals surface area contributed by atoms with Gasteiger partial charge in [-0.2, -0.15) is 0 Å². The number of carbonyl (C=O) groups is 4. The second kappa shape index (κ2) is 9.38. The lowest BCUT2D eigenvalue weighted by Gasteiger charge is -2.32. The van der Waals surface area contributed by atoms with Crippen molar-refractivity contribution in [2.75, 3.05) is 11.9 Å². The van der Waals surface area contributed by atoms with E-state index in [9.17, 15) is 27.6 Å². The van der Waals surface area contributed by atoms with Gasteiger partial charge in [0, 0.05) is 25.1 Å². The molecule has 9 nitrogen and oxygen atoms in total. The number of amides is 4. The van der Waals surface area contributed by atoms with Crippen LogP contribution < -0.4 is 10.0 Å². The van der Waals surface area contributed by atoms with E-state index in [-0.39, 0.29) is 41.0 Å². The van der Waals surface area contributed by atoms with Crippen LogP contribution in [0.25, 0.3) is 0 Å². The number of sulfonamides is 1. The first-order valence-electron chi connectivity index (χ1n) is 11.1. The summed E-state index contributed by atoms with van der Waals surface area (Å²) in [5.41, 5.74) is 1.19. The molecule has 2 atom stereocenters. The van der Waals surface area contributed by atoms with Crippen molar-refractivity contribution < 1.29 is 27.6 Å². The third kappa shape index (κ3) is 4.72. The summed E-state index contributed by atoms with van der Waals surface area (Å²) in [5, 5.41) is 2.82. The molecule has 178 valence electrons. The zero-order valence-electron chi connectivity index (χ0n) is 18.6. The van der Waals surface area contributed by atoms with E-state index >= 15 is 0 Å². The number of nitrogens with zero attached hydrogens (tertiary/aromatic N) is 1. The molecule has 1 fully saturated rings. The summed E-state index contributed by atoms with van der Waals surface area (Å²) in [6, 6.07) is 12.2. The van der Waals surface area contributed by atoms with E-state index in [1.807, 2.05) is 4.72 Å². The largest absolute Gasteiger partial charge is 0.326 e. The monoisotopic (exact) mass is 483 g/mol. The van der Waals surface area contributed by atoms with Crippen LogP contribution in [0.3, 0.4) is 0 Å². The molecular weight excluding hydrogens is 458 g/mol. The molecule has 2 N–H and O–H groups in total. The van der Waals surface area contributed by atoms with Crippen LogP contribution in [0.2, 0.25) is 0 Å². The van der Waals surface area contributed by atoms with Crippen LogP contribution in [-0.4, -0.2) is 43.5 Å². The van der Waals surface area contributed by atoms with Crippen molar-refractivity contribution in [1.29, 1.82) is 0 Å². The zero-order chi connectivity index (χ0) is 24.5. The smallest absolute Gasteiger partial charge is 0.264 e. The van der Waals surface area contributed by atoms with E-state index in [0.717, 1.165) is 26.2 Å². The van der Waals surface area contributed by atoms with Gasteiger partial charge in [-0.15, -0.1) is 0 Å². The predicted octanol–water partition coefficient (Wildman–Crippen LogP) is 2.55. The number of fused-ring (bicyclic) bond motifs is 1. The highest BCUT2D eigenvalue weighted by Gasteiger charge is 2.40. The molecule has 1 saturated carbocycles. The normalized spacial score (nSPS) is 20.1. The molecule has 2 aliphatic rings. The fourth-order valence-electron chi connectivity index (χ4n) is 4.61. The minimum atomic E-state index is -3.96. The summed E-state index contributed by atoms with van der Waals surface area (Å²) >= 11 is 0. The van der Waals surface area contributed by atoms with Crippen LogP contribution >= 0.6 is 0 Å². The van der Waals surface area contributed by atoms with Crippen LogP contribution in [-0.2, 0) is 19.6 Å². The number of benzene rings is 2. The minimum absolute atomic E-state index is 0.0955. The van der Waals surface area contributed by atoms with Crippen molar-refractivity contribution in [3.8, 4) is 0 Å². The molecule has 2 aromatic carbocycles. The number of nitrogens with one attached hydrogen (secondary N) is 2. The topological polar surface area (TPSA) is 130 Å². The van der Waals surface area contributed by atoms with Gasteiger partial charge in [-0.05, 0) is 55.2 Å². The van der Waals surface area contributed by atoms with Crippen molar-refractivity contribution in [3.05, 3.63) is 59.7 Å². The number of anilines is 1. The van der Waals surface area contributed by atoms with Gasteiger partial charge < -0.3 is 5.32 Å². The van der Waals surface area contributed by atoms with Crippen LogP contribution in [0.5, 0.6) is 0 Å². The number of hydrogen-bond donors (Lipinski definition) is 2. The van der Waals surface area contributed by atoms with Crippen molar-refractivity contribution in [2.24, 2.45) is 11.8 Å². The van der Waals surface area contributed by atoms with Crippen molar-refractivity contribution >= 4 is 39.3 Å². The van der Waals surface area contributed by atoms with Gasteiger partial charge in [0.25, 0.3) is 21.8 Å². The van der Waals surface area contributed by atoms with Gasteiger partial charge in [0.05, 0.1) is 16.0 Å². The summed E-state index contributed by atoms with van der Waals surface area (Å²) in [7, 11) is -3.96. The highest BCUT2D eigenvalue weighted by Crippen LogP contribution is 2.34. The molecule has 1 aliphatic heterocycles. The Bertz CT molecular complexity index is 1220. The van der Waals surface area contributed by atoms with Gasteiger partial charge in [0.1, 0.15) is 0 Å². The molecule has 0 bridgehead atoms. The maximum Gasteiger partial charge on any atom is 0.264 e. The first kappa shape index (κ1) is 23.6. The second-order valence-corrected chi connectivity index (χ2v) is 10.3. The van der Waals surface area contributed by atoms with E-state index in [1.54, 1.807) is 24.3 Å². The second-order valence-electron chi connectivity index (χ2n) is 8.59. The minimum Gasteiger partial charge on any atom is -0.326 e. The van der Waals surface area contributed by atoms with Gasteiger partial charge in [0.2, 0.25) is 11.8 Å². The maximum absolute atomic E-state index is 13.1.